The van der Waals surface area contributed by atoms with Crippen molar-refractivity contribution in [1.82, 2.24) is 0 Å². The normalized spacial score (nSPS) is 25.4. The van der Waals surface area contributed by atoms with Gasteiger partial charge in [0.05, 0.1) is 58.8 Å². The number of fused-ring (bicyclic) bond motifs is 1. The third kappa shape index (κ3) is 4.77. The van der Waals surface area contributed by atoms with Crippen LogP contribution in [0.2, 0.25) is 0 Å². The summed E-state index contributed by atoms with van der Waals surface area (Å²) in [4.78, 5) is 0. The predicted molar refractivity (Wildman–Crippen MR) is 143 cm³/mol. The molecule has 0 radical (unpaired) electrons. The van der Waals surface area contributed by atoms with E-state index in [2.05, 4.69) is 0 Å². The first-order chi connectivity index (χ1) is 19.3. The topological polar surface area (TPSA) is 147 Å². The Kier molecular flexibility index (Phi) is 7.70. The smallest absolute Gasteiger partial charge is 0.165 e. The fraction of sp³-hybridized carbons (Fsp3) is 0.400. The summed E-state index contributed by atoms with van der Waals surface area (Å²) in [6.45, 7) is -0.578. The summed E-state index contributed by atoms with van der Waals surface area (Å²) in [5.74, 6) is 0.369. The van der Waals surface area contributed by atoms with Crippen molar-refractivity contribution in [2.75, 3.05) is 41.2 Å². The number of methoxy groups -OCH3 is 3. The van der Waals surface area contributed by atoms with Crippen molar-refractivity contribution in [3.63, 3.8) is 0 Å². The largest absolute Gasteiger partial charge is 0.504 e. The van der Waals surface area contributed by atoms with E-state index in [1.807, 2.05) is 6.07 Å². The summed E-state index contributed by atoms with van der Waals surface area (Å²) in [5.41, 5.74) is 1.40. The number of benzene rings is 3. The molecule has 2 heterocycles. The van der Waals surface area contributed by atoms with E-state index in [1.54, 1.807) is 30.3 Å². The maximum absolute atomic E-state index is 11.7. The highest BCUT2D eigenvalue weighted by molar-refractivity contribution is 5.56. The molecule has 10 heteroatoms. The van der Waals surface area contributed by atoms with Crippen LogP contribution in [0.1, 0.15) is 40.4 Å². The average molecular weight is 555 g/mol. The molecular formula is C30H34O10. The van der Waals surface area contributed by atoms with Crippen molar-refractivity contribution >= 4 is 0 Å². The second kappa shape index (κ2) is 11.1. The Morgan fingerprint density at radius 2 is 1.40 bits per heavy atom. The van der Waals surface area contributed by atoms with Gasteiger partial charge in [-0.25, -0.2) is 0 Å². The molecule has 5 N–H and O–H groups in total. The standard InChI is InChI=1S/C30H34O10/c1-36-24-10-17(4-6-22(24)33)27-20(13-31)19-8-16(9-26(38-3)29(19)40-27)12-30(35)15-39-28(21(30)14-32)18-5-7-23(34)25(11-18)37-2/h4-11,20-21,27-28,31-35H,12-15H2,1-3H3/t20-,21+,27+,28+,30+/m0/s1. The van der Waals surface area contributed by atoms with Crippen molar-refractivity contribution in [2.24, 2.45) is 5.92 Å². The van der Waals surface area contributed by atoms with Gasteiger partial charge >= 0.3 is 0 Å². The summed E-state index contributed by atoms with van der Waals surface area (Å²) >= 11 is 0. The third-order valence-electron chi connectivity index (χ3n) is 7.91. The lowest BCUT2D eigenvalue weighted by molar-refractivity contribution is -0.0150. The molecule has 0 unspecified atom stereocenters. The second-order valence-corrected chi connectivity index (χ2v) is 10.2. The number of aromatic hydroxyl groups is 2. The molecule has 1 fully saturated rings. The first-order valence-corrected chi connectivity index (χ1v) is 12.9. The molecule has 0 amide bonds. The molecule has 2 aliphatic rings. The molecule has 0 bridgehead atoms. The Balaban J connectivity index is 1.45. The molecular weight excluding hydrogens is 520 g/mol. The zero-order valence-electron chi connectivity index (χ0n) is 22.5. The van der Waals surface area contributed by atoms with Crippen LogP contribution in [0, 0.1) is 5.92 Å². The van der Waals surface area contributed by atoms with Gasteiger partial charge in [0.25, 0.3) is 0 Å². The van der Waals surface area contributed by atoms with Crippen LogP contribution in [-0.2, 0) is 11.2 Å². The molecule has 0 aromatic heterocycles. The number of phenols is 2. The van der Waals surface area contributed by atoms with Crippen molar-refractivity contribution in [1.29, 1.82) is 0 Å². The van der Waals surface area contributed by atoms with Gasteiger partial charge in [-0.3, -0.25) is 0 Å². The minimum absolute atomic E-state index is 0.00306. The maximum Gasteiger partial charge on any atom is 0.165 e. The van der Waals surface area contributed by atoms with Gasteiger partial charge in [0.2, 0.25) is 0 Å². The Labute approximate surface area is 231 Å². The molecule has 1 saturated heterocycles. The van der Waals surface area contributed by atoms with Gasteiger partial charge in [0, 0.05) is 17.9 Å². The Hall–Kier alpha value is -3.70. The fourth-order valence-electron chi connectivity index (χ4n) is 5.82. The molecule has 214 valence electrons. The van der Waals surface area contributed by atoms with E-state index in [-0.39, 0.29) is 43.5 Å². The SMILES string of the molecule is COc1cc([C@H]2OC[C@](O)(Cc3cc(OC)c4c(c3)[C@H](CO)[C@@H](c3ccc(O)c(OC)c3)O4)[C@@H]2CO)ccc1O. The zero-order valence-corrected chi connectivity index (χ0v) is 22.5. The number of hydrogen-bond donors (Lipinski definition) is 5. The monoisotopic (exact) mass is 554 g/mol. The van der Waals surface area contributed by atoms with E-state index in [4.69, 9.17) is 23.7 Å². The van der Waals surface area contributed by atoms with Gasteiger partial charge in [-0.1, -0.05) is 18.2 Å². The van der Waals surface area contributed by atoms with E-state index in [0.717, 1.165) is 11.1 Å². The minimum Gasteiger partial charge on any atom is -0.504 e. The van der Waals surface area contributed by atoms with Crippen molar-refractivity contribution in [3.8, 4) is 34.5 Å². The summed E-state index contributed by atoms with van der Waals surface area (Å²) in [7, 11) is 4.43. The number of phenolic OH excluding ortho intramolecular Hbond substituents is 2. The quantitative estimate of drug-likeness (QED) is 0.267. The van der Waals surface area contributed by atoms with Crippen LogP contribution in [0.25, 0.3) is 0 Å². The zero-order chi connectivity index (χ0) is 28.6. The number of rotatable bonds is 9. The molecule has 0 aliphatic carbocycles. The second-order valence-electron chi connectivity index (χ2n) is 10.2. The van der Waals surface area contributed by atoms with E-state index >= 15 is 0 Å². The lowest BCUT2D eigenvalue weighted by Gasteiger charge is -2.30. The third-order valence-corrected chi connectivity index (χ3v) is 7.91. The molecule has 0 saturated carbocycles. The van der Waals surface area contributed by atoms with Crippen molar-refractivity contribution in [2.45, 2.75) is 30.1 Å². The van der Waals surface area contributed by atoms with E-state index in [1.165, 1.54) is 33.5 Å². The Morgan fingerprint density at radius 3 is 1.95 bits per heavy atom. The number of hydrogen-bond acceptors (Lipinski definition) is 10. The van der Waals surface area contributed by atoms with Gasteiger partial charge in [0.1, 0.15) is 6.10 Å². The predicted octanol–water partition coefficient (Wildman–Crippen LogP) is 2.99. The van der Waals surface area contributed by atoms with Gasteiger partial charge in [-0.15, -0.1) is 0 Å². The summed E-state index contributed by atoms with van der Waals surface area (Å²) in [5, 5.41) is 52.4. The van der Waals surface area contributed by atoms with Crippen LogP contribution in [-0.4, -0.2) is 72.3 Å². The van der Waals surface area contributed by atoms with Crippen LogP contribution in [0.5, 0.6) is 34.5 Å². The first-order valence-electron chi connectivity index (χ1n) is 12.9. The molecule has 3 aromatic carbocycles. The van der Waals surface area contributed by atoms with E-state index in [0.29, 0.717) is 28.4 Å². The number of ether oxygens (including phenoxy) is 5. The summed E-state index contributed by atoms with van der Waals surface area (Å²) in [6.07, 6.45) is -1.04. The number of aliphatic hydroxyl groups is 3. The van der Waals surface area contributed by atoms with Gasteiger partial charge in [-0.2, -0.15) is 0 Å². The highest BCUT2D eigenvalue weighted by Crippen LogP contribution is 2.52. The minimum atomic E-state index is -1.41. The van der Waals surface area contributed by atoms with Crippen molar-refractivity contribution in [3.05, 3.63) is 70.8 Å². The Bertz CT molecular complexity index is 1370. The lowest BCUT2D eigenvalue weighted by Crippen LogP contribution is -2.41. The maximum atomic E-state index is 11.7. The lowest BCUT2D eigenvalue weighted by atomic mass is 9.79. The molecule has 3 aromatic rings. The van der Waals surface area contributed by atoms with Crippen LogP contribution < -0.4 is 18.9 Å². The molecule has 2 aliphatic heterocycles. The fourth-order valence-corrected chi connectivity index (χ4v) is 5.82. The molecule has 0 spiro atoms. The molecule has 10 nitrogen and oxygen atoms in total. The Morgan fingerprint density at radius 1 is 0.800 bits per heavy atom. The molecule has 5 atom stereocenters. The summed E-state index contributed by atoms with van der Waals surface area (Å²) in [6, 6.07) is 13.4. The van der Waals surface area contributed by atoms with Crippen LogP contribution in [0.4, 0.5) is 0 Å². The number of aliphatic hydroxyl groups excluding tert-OH is 2. The van der Waals surface area contributed by atoms with Crippen LogP contribution >= 0.6 is 0 Å². The van der Waals surface area contributed by atoms with Crippen molar-refractivity contribution < 1.29 is 49.2 Å². The average Bonchev–Trinajstić information content (AvgIpc) is 3.50. The van der Waals surface area contributed by atoms with Gasteiger partial charge in [-0.05, 0) is 47.0 Å². The highest BCUT2D eigenvalue weighted by atomic mass is 16.5. The van der Waals surface area contributed by atoms with Crippen LogP contribution in [0.3, 0.4) is 0 Å². The van der Waals surface area contributed by atoms with E-state index < -0.39 is 29.6 Å². The van der Waals surface area contributed by atoms with E-state index in [9.17, 15) is 25.5 Å². The first kappa shape index (κ1) is 27.9. The molecule has 5 rings (SSSR count). The van der Waals surface area contributed by atoms with Gasteiger partial charge < -0.3 is 49.2 Å². The highest BCUT2D eigenvalue weighted by Gasteiger charge is 2.49. The van der Waals surface area contributed by atoms with Gasteiger partial charge in [0.15, 0.2) is 34.5 Å². The molecule has 40 heavy (non-hydrogen) atoms. The van der Waals surface area contributed by atoms with Crippen LogP contribution in [0.15, 0.2) is 48.5 Å². The summed E-state index contributed by atoms with van der Waals surface area (Å²) < 4.78 is 28.4.